The van der Waals surface area contributed by atoms with Crippen LogP contribution in [0.3, 0.4) is 0 Å². The molecule has 90 valence electrons. The van der Waals surface area contributed by atoms with E-state index in [0.717, 1.165) is 5.56 Å². The molecule has 3 N–H and O–H groups in total. The first-order valence-corrected chi connectivity index (χ1v) is 6.99. The van der Waals surface area contributed by atoms with Gasteiger partial charge in [0.15, 0.2) is 9.84 Å². The van der Waals surface area contributed by atoms with Gasteiger partial charge in [0, 0.05) is 0 Å². The van der Waals surface area contributed by atoms with E-state index in [9.17, 15) is 8.42 Å². The number of aliphatic hydroxyl groups excluding tert-OH is 1. The largest absolute Gasteiger partial charge is 0.395 e. The molecule has 0 aliphatic rings. The van der Waals surface area contributed by atoms with Crippen LogP contribution in [0.5, 0.6) is 0 Å². The van der Waals surface area contributed by atoms with Gasteiger partial charge < -0.3 is 10.8 Å². The van der Waals surface area contributed by atoms with Crippen LogP contribution in [0.25, 0.3) is 0 Å². The van der Waals surface area contributed by atoms with Crippen LogP contribution in [-0.4, -0.2) is 31.3 Å². The topological polar surface area (TPSA) is 80.4 Å². The van der Waals surface area contributed by atoms with Crippen LogP contribution in [-0.2, 0) is 16.3 Å². The van der Waals surface area contributed by atoms with Gasteiger partial charge in [0.25, 0.3) is 0 Å². The van der Waals surface area contributed by atoms with Gasteiger partial charge in [-0.2, -0.15) is 12.6 Å². The second-order valence-electron chi connectivity index (χ2n) is 3.46. The molecule has 1 unspecified atom stereocenters. The van der Waals surface area contributed by atoms with Crippen molar-refractivity contribution in [2.24, 2.45) is 5.73 Å². The number of sulfone groups is 1. The van der Waals surface area contributed by atoms with Crippen molar-refractivity contribution in [1.82, 2.24) is 0 Å². The van der Waals surface area contributed by atoms with Crippen LogP contribution < -0.4 is 5.73 Å². The molecule has 0 saturated heterocycles. The number of hydrogen-bond acceptors (Lipinski definition) is 5. The summed E-state index contributed by atoms with van der Waals surface area (Å²) in [5, 5.41) is 8.36. The van der Waals surface area contributed by atoms with Gasteiger partial charge in [-0.1, -0.05) is 12.1 Å². The van der Waals surface area contributed by atoms with Gasteiger partial charge in [-0.05, 0) is 24.1 Å². The molecule has 0 amide bonds. The molecular formula is C10H15NO3S2. The fourth-order valence-corrected chi connectivity index (χ4v) is 2.65. The minimum Gasteiger partial charge on any atom is -0.395 e. The molecule has 0 aromatic heterocycles. The Bertz CT molecular complexity index is 443. The summed E-state index contributed by atoms with van der Waals surface area (Å²) in [6.45, 7) is -0.376. The molecule has 1 aromatic rings. The fraction of sp³-hybridized carbons (Fsp3) is 0.400. The van der Waals surface area contributed by atoms with Crippen molar-refractivity contribution >= 4 is 22.5 Å². The Labute approximate surface area is 101 Å². The van der Waals surface area contributed by atoms with Crippen molar-refractivity contribution in [1.29, 1.82) is 0 Å². The zero-order valence-electron chi connectivity index (χ0n) is 8.70. The third kappa shape index (κ3) is 3.79. The molecular weight excluding hydrogens is 246 g/mol. The van der Waals surface area contributed by atoms with Crippen LogP contribution in [0, 0.1) is 0 Å². The summed E-state index contributed by atoms with van der Waals surface area (Å²) in [6, 6.07) is 6.55. The van der Waals surface area contributed by atoms with Crippen molar-refractivity contribution in [3.05, 3.63) is 29.8 Å². The van der Waals surface area contributed by atoms with E-state index in [-0.39, 0.29) is 22.6 Å². The third-order valence-corrected chi connectivity index (χ3v) is 3.94. The van der Waals surface area contributed by atoms with E-state index >= 15 is 0 Å². The molecule has 1 aromatic carbocycles. The van der Waals surface area contributed by atoms with Gasteiger partial charge >= 0.3 is 0 Å². The minimum absolute atomic E-state index is 0.216. The van der Waals surface area contributed by atoms with E-state index < -0.39 is 9.84 Å². The van der Waals surface area contributed by atoms with E-state index in [1.165, 1.54) is 6.07 Å². The number of benzene rings is 1. The maximum atomic E-state index is 11.7. The second-order valence-corrected chi connectivity index (χ2v) is 6.23. The molecule has 0 bridgehead atoms. The molecule has 0 saturated carbocycles. The predicted octanol–water partition coefficient (Wildman–Crippen LogP) is 0.210. The van der Waals surface area contributed by atoms with Crippen LogP contribution in [0.1, 0.15) is 5.56 Å². The summed E-state index contributed by atoms with van der Waals surface area (Å²) in [5.41, 5.74) is 6.34. The first kappa shape index (κ1) is 13.5. The molecule has 16 heavy (non-hydrogen) atoms. The number of aliphatic hydroxyl groups is 1. The molecule has 4 nitrogen and oxygen atoms in total. The summed E-state index contributed by atoms with van der Waals surface area (Å²) in [5.74, 6) is -0.261. The lowest BCUT2D eigenvalue weighted by Gasteiger charge is -2.07. The maximum absolute atomic E-state index is 11.7. The molecule has 1 rings (SSSR count). The molecule has 0 aliphatic carbocycles. The van der Waals surface area contributed by atoms with Crippen molar-refractivity contribution in [2.45, 2.75) is 16.7 Å². The normalized spacial score (nSPS) is 13.7. The summed E-state index contributed by atoms with van der Waals surface area (Å²) in [6.07, 6.45) is 0.506. The van der Waals surface area contributed by atoms with Gasteiger partial charge in [0.1, 0.15) is 0 Å². The third-order valence-electron chi connectivity index (χ3n) is 2.06. The Kier molecular flexibility index (Phi) is 4.79. The van der Waals surface area contributed by atoms with Crippen LogP contribution in [0.15, 0.2) is 29.2 Å². The van der Waals surface area contributed by atoms with Crippen molar-refractivity contribution in [3.63, 3.8) is 0 Å². The summed E-state index contributed by atoms with van der Waals surface area (Å²) in [4.78, 5) is 0.216. The Morgan fingerprint density at radius 2 is 2.12 bits per heavy atom. The van der Waals surface area contributed by atoms with E-state index in [0.29, 0.717) is 6.42 Å². The standard InChI is InChI=1S/C10H15NO3S2/c11-10(15)7-8-2-1-3-9(6-8)16(13,14)5-4-12/h1-3,6,10,12,15H,4-5,7,11H2. The average molecular weight is 261 g/mol. The molecule has 0 spiro atoms. The Balaban J connectivity index is 2.98. The number of thiol groups is 1. The number of nitrogens with two attached hydrogens (primary N) is 1. The van der Waals surface area contributed by atoms with Crippen molar-refractivity contribution in [2.75, 3.05) is 12.4 Å². The highest BCUT2D eigenvalue weighted by molar-refractivity contribution is 7.91. The van der Waals surface area contributed by atoms with E-state index in [4.69, 9.17) is 10.8 Å². The molecule has 0 radical (unpaired) electrons. The van der Waals surface area contributed by atoms with E-state index in [1.54, 1.807) is 18.2 Å². The highest BCUT2D eigenvalue weighted by Gasteiger charge is 2.13. The van der Waals surface area contributed by atoms with Gasteiger partial charge in [0.05, 0.1) is 22.6 Å². The predicted molar refractivity (Wildman–Crippen MR) is 66.2 cm³/mol. The summed E-state index contributed by atoms with van der Waals surface area (Å²) < 4.78 is 23.3. The molecule has 1 atom stereocenters. The Morgan fingerprint density at radius 3 is 2.69 bits per heavy atom. The second kappa shape index (κ2) is 5.67. The van der Waals surface area contributed by atoms with Gasteiger partial charge in [0.2, 0.25) is 0 Å². The van der Waals surface area contributed by atoms with Gasteiger partial charge in [-0.15, -0.1) is 0 Å². The monoisotopic (exact) mass is 261 g/mol. The summed E-state index contributed by atoms with van der Waals surface area (Å²) in [7, 11) is -3.38. The minimum atomic E-state index is -3.38. The smallest absolute Gasteiger partial charge is 0.180 e. The quantitative estimate of drug-likeness (QED) is 0.523. The molecule has 6 heteroatoms. The van der Waals surface area contributed by atoms with Crippen molar-refractivity contribution in [3.8, 4) is 0 Å². The fourth-order valence-electron chi connectivity index (χ4n) is 1.35. The lowest BCUT2D eigenvalue weighted by atomic mass is 10.1. The lowest BCUT2D eigenvalue weighted by Crippen LogP contribution is -2.15. The maximum Gasteiger partial charge on any atom is 0.180 e. The number of rotatable bonds is 5. The zero-order valence-corrected chi connectivity index (χ0v) is 10.4. The molecule has 0 heterocycles. The SMILES string of the molecule is NC(S)Cc1cccc(S(=O)(=O)CCO)c1. The van der Waals surface area contributed by atoms with E-state index in [2.05, 4.69) is 12.6 Å². The first-order chi connectivity index (χ1) is 7.45. The average Bonchev–Trinajstić information content (AvgIpc) is 2.17. The van der Waals surface area contributed by atoms with E-state index in [1.807, 2.05) is 0 Å². The van der Waals surface area contributed by atoms with Crippen LogP contribution in [0.2, 0.25) is 0 Å². The summed E-state index contributed by atoms with van der Waals surface area (Å²) >= 11 is 4.05. The molecule has 0 aliphatic heterocycles. The van der Waals surface area contributed by atoms with Gasteiger partial charge in [-0.25, -0.2) is 8.42 Å². The first-order valence-electron chi connectivity index (χ1n) is 4.82. The highest BCUT2D eigenvalue weighted by atomic mass is 32.2. The Morgan fingerprint density at radius 1 is 1.44 bits per heavy atom. The van der Waals surface area contributed by atoms with Crippen LogP contribution >= 0.6 is 12.6 Å². The van der Waals surface area contributed by atoms with Gasteiger partial charge in [-0.3, -0.25) is 0 Å². The number of hydrogen-bond donors (Lipinski definition) is 3. The zero-order chi connectivity index (χ0) is 12.2. The molecule has 0 fully saturated rings. The Hall–Kier alpha value is -0.560. The highest BCUT2D eigenvalue weighted by Crippen LogP contribution is 2.14. The van der Waals surface area contributed by atoms with Crippen molar-refractivity contribution < 1.29 is 13.5 Å². The lowest BCUT2D eigenvalue weighted by molar-refractivity contribution is 0.319. The van der Waals surface area contributed by atoms with Crippen LogP contribution in [0.4, 0.5) is 0 Å².